The Balaban J connectivity index is 4.18. The maximum absolute atomic E-state index is 10.7. The monoisotopic (exact) mass is 155 g/mol. The number of hydrogen-bond acceptors (Lipinski definition) is 3. The standard InChI is InChI=1S/C7H9NO3/c1-4-11-5-6(8-2)7(9)10-3/h5H,4H2,1,3H3/b6-5+. The summed E-state index contributed by atoms with van der Waals surface area (Å²) in [6.45, 7) is 8.73. The first-order valence-corrected chi connectivity index (χ1v) is 3.03. The topological polar surface area (TPSA) is 39.9 Å². The van der Waals surface area contributed by atoms with Gasteiger partial charge in [0.25, 0.3) is 0 Å². The fraction of sp³-hybridized carbons (Fsp3) is 0.429. The highest BCUT2D eigenvalue weighted by atomic mass is 16.5. The molecule has 11 heavy (non-hydrogen) atoms. The van der Waals surface area contributed by atoms with E-state index in [0.717, 1.165) is 6.26 Å². The average Bonchev–Trinajstić information content (AvgIpc) is 2.05. The zero-order valence-electron chi connectivity index (χ0n) is 6.46. The molecule has 0 unspecified atom stereocenters. The molecule has 60 valence electrons. The van der Waals surface area contributed by atoms with Gasteiger partial charge in [-0.05, 0) is 6.92 Å². The van der Waals surface area contributed by atoms with Crippen LogP contribution in [0.3, 0.4) is 0 Å². The highest BCUT2D eigenvalue weighted by Crippen LogP contribution is 1.98. The Hall–Kier alpha value is -1.50. The van der Waals surface area contributed by atoms with Crippen LogP contribution < -0.4 is 0 Å². The Bertz CT molecular complexity index is 202. The maximum Gasteiger partial charge on any atom is 0.339 e. The normalized spacial score (nSPS) is 10.1. The van der Waals surface area contributed by atoms with Crippen molar-refractivity contribution in [1.82, 2.24) is 0 Å². The van der Waals surface area contributed by atoms with Crippen LogP contribution in [-0.4, -0.2) is 19.7 Å². The van der Waals surface area contributed by atoms with Crippen molar-refractivity contribution in [3.8, 4) is 0 Å². The van der Waals surface area contributed by atoms with E-state index in [9.17, 15) is 4.79 Å². The van der Waals surface area contributed by atoms with Crippen LogP contribution in [0.5, 0.6) is 0 Å². The molecule has 0 fully saturated rings. The lowest BCUT2D eigenvalue weighted by Gasteiger charge is -1.96. The molecule has 0 aliphatic rings. The molecule has 0 heterocycles. The van der Waals surface area contributed by atoms with Crippen molar-refractivity contribution in [2.24, 2.45) is 0 Å². The van der Waals surface area contributed by atoms with Crippen LogP contribution in [0.2, 0.25) is 0 Å². The SMILES string of the molecule is [C-]#[N+]/C(=C/OCC)C(=O)OC. The van der Waals surface area contributed by atoms with Crippen LogP contribution in [0.4, 0.5) is 0 Å². The summed E-state index contributed by atoms with van der Waals surface area (Å²) in [5.41, 5.74) is -0.144. The van der Waals surface area contributed by atoms with Gasteiger partial charge in [0, 0.05) is 0 Å². The minimum absolute atomic E-state index is 0.144. The minimum atomic E-state index is -0.673. The Labute approximate surface area is 65.2 Å². The zero-order chi connectivity index (χ0) is 8.69. The van der Waals surface area contributed by atoms with Gasteiger partial charge in [0.2, 0.25) is 0 Å². The van der Waals surface area contributed by atoms with Crippen LogP contribution >= 0.6 is 0 Å². The van der Waals surface area contributed by atoms with Gasteiger partial charge in [-0.2, -0.15) is 0 Å². The predicted octanol–water partition coefficient (Wildman–Crippen LogP) is 0.957. The second-order valence-electron chi connectivity index (χ2n) is 1.56. The van der Waals surface area contributed by atoms with Crippen molar-refractivity contribution in [2.75, 3.05) is 13.7 Å². The summed E-state index contributed by atoms with van der Waals surface area (Å²) in [5.74, 6) is -0.673. The highest BCUT2D eigenvalue weighted by molar-refractivity contribution is 5.89. The van der Waals surface area contributed by atoms with Gasteiger partial charge in [-0.3, -0.25) is 4.79 Å². The van der Waals surface area contributed by atoms with Gasteiger partial charge in [-0.1, -0.05) is 0 Å². The van der Waals surface area contributed by atoms with E-state index in [0.29, 0.717) is 6.61 Å². The number of nitrogens with zero attached hydrogens (tertiary/aromatic N) is 1. The largest absolute Gasteiger partial charge is 0.512 e. The highest BCUT2D eigenvalue weighted by Gasteiger charge is 2.08. The van der Waals surface area contributed by atoms with Crippen LogP contribution in [0.25, 0.3) is 4.85 Å². The van der Waals surface area contributed by atoms with E-state index in [-0.39, 0.29) is 5.70 Å². The van der Waals surface area contributed by atoms with Crippen molar-refractivity contribution in [1.29, 1.82) is 0 Å². The molecule has 0 radical (unpaired) electrons. The van der Waals surface area contributed by atoms with Gasteiger partial charge in [0.15, 0.2) is 0 Å². The molecule has 0 atom stereocenters. The number of carbonyl (C=O) groups excluding carboxylic acids is 1. The smallest absolute Gasteiger partial charge is 0.339 e. The summed E-state index contributed by atoms with van der Waals surface area (Å²) in [7, 11) is 1.22. The number of hydrogen-bond donors (Lipinski definition) is 0. The number of methoxy groups -OCH3 is 1. The molecule has 0 amide bonds. The van der Waals surface area contributed by atoms with Gasteiger partial charge in [-0.25, -0.2) is 4.85 Å². The van der Waals surface area contributed by atoms with E-state index in [4.69, 9.17) is 11.3 Å². The third-order valence-corrected chi connectivity index (χ3v) is 0.877. The van der Waals surface area contributed by atoms with Crippen molar-refractivity contribution in [3.05, 3.63) is 23.4 Å². The fourth-order valence-corrected chi connectivity index (χ4v) is 0.387. The summed E-state index contributed by atoms with van der Waals surface area (Å²) in [6.07, 6.45) is 1.10. The zero-order valence-corrected chi connectivity index (χ0v) is 6.46. The van der Waals surface area contributed by atoms with Crippen molar-refractivity contribution >= 4 is 5.97 Å². The molecule has 0 bridgehead atoms. The van der Waals surface area contributed by atoms with Crippen molar-refractivity contribution in [3.63, 3.8) is 0 Å². The van der Waals surface area contributed by atoms with Crippen molar-refractivity contribution < 1.29 is 14.3 Å². The molecule has 0 aliphatic carbocycles. The summed E-state index contributed by atoms with van der Waals surface area (Å²) in [6, 6.07) is 0. The number of rotatable bonds is 3. The Kier molecular flexibility index (Phi) is 4.58. The lowest BCUT2D eigenvalue weighted by Crippen LogP contribution is -2.01. The van der Waals surface area contributed by atoms with Crippen molar-refractivity contribution in [2.45, 2.75) is 6.92 Å². The fourth-order valence-electron chi connectivity index (χ4n) is 0.387. The molecule has 0 aromatic heterocycles. The van der Waals surface area contributed by atoms with E-state index in [1.807, 2.05) is 0 Å². The third kappa shape index (κ3) is 3.26. The second kappa shape index (κ2) is 5.30. The van der Waals surface area contributed by atoms with Crippen LogP contribution in [0, 0.1) is 6.57 Å². The number of esters is 1. The Morgan fingerprint density at radius 3 is 2.73 bits per heavy atom. The molecule has 0 aromatic rings. The average molecular weight is 155 g/mol. The summed E-state index contributed by atoms with van der Waals surface area (Å²) in [5, 5.41) is 0. The maximum atomic E-state index is 10.7. The summed E-state index contributed by atoms with van der Waals surface area (Å²) in [4.78, 5) is 13.6. The quantitative estimate of drug-likeness (QED) is 0.264. The van der Waals surface area contributed by atoms with Crippen LogP contribution in [0.15, 0.2) is 12.0 Å². The van der Waals surface area contributed by atoms with Gasteiger partial charge >= 0.3 is 11.7 Å². The molecule has 0 aliphatic heterocycles. The molecular formula is C7H9NO3. The Morgan fingerprint density at radius 2 is 2.36 bits per heavy atom. The molecule has 0 N–H and O–H groups in total. The molecule has 0 rings (SSSR count). The van der Waals surface area contributed by atoms with Gasteiger partial charge in [0.1, 0.15) is 0 Å². The van der Waals surface area contributed by atoms with E-state index >= 15 is 0 Å². The number of ether oxygens (including phenoxy) is 2. The Morgan fingerprint density at radius 1 is 1.73 bits per heavy atom. The molecular weight excluding hydrogens is 146 g/mol. The predicted molar refractivity (Wildman–Crippen MR) is 38.3 cm³/mol. The van der Waals surface area contributed by atoms with E-state index in [1.165, 1.54) is 7.11 Å². The van der Waals surface area contributed by atoms with E-state index in [2.05, 4.69) is 9.58 Å². The van der Waals surface area contributed by atoms with E-state index in [1.54, 1.807) is 6.92 Å². The third-order valence-electron chi connectivity index (χ3n) is 0.877. The van der Waals surface area contributed by atoms with Gasteiger partial charge in [0.05, 0.1) is 26.6 Å². The molecule has 4 heteroatoms. The number of carbonyl (C=O) groups is 1. The first-order valence-electron chi connectivity index (χ1n) is 3.03. The lowest BCUT2D eigenvalue weighted by molar-refractivity contribution is -0.135. The van der Waals surface area contributed by atoms with Crippen LogP contribution in [0.1, 0.15) is 6.92 Å². The first-order chi connectivity index (χ1) is 5.26. The molecule has 4 nitrogen and oxygen atoms in total. The molecule has 0 spiro atoms. The lowest BCUT2D eigenvalue weighted by atomic mass is 10.5. The van der Waals surface area contributed by atoms with Gasteiger partial charge < -0.3 is 9.47 Å². The second-order valence-corrected chi connectivity index (χ2v) is 1.56. The van der Waals surface area contributed by atoms with E-state index < -0.39 is 5.97 Å². The summed E-state index contributed by atoms with van der Waals surface area (Å²) >= 11 is 0. The molecule has 0 saturated heterocycles. The molecule has 0 aromatic carbocycles. The van der Waals surface area contributed by atoms with Gasteiger partial charge in [-0.15, -0.1) is 0 Å². The van der Waals surface area contributed by atoms with Crippen LogP contribution in [-0.2, 0) is 14.3 Å². The first kappa shape index (κ1) is 9.50. The minimum Gasteiger partial charge on any atom is -0.512 e. The summed E-state index contributed by atoms with van der Waals surface area (Å²) < 4.78 is 9.03. The molecule has 0 saturated carbocycles.